The number of benzene rings is 2. The molecule has 6 nitrogen and oxygen atoms in total. The third kappa shape index (κ3) is 3.48. The van der Waals surface area contributed by atoms with Gasteiger partial charge in [-0.3, -0.25) is 19.7 Å². The summed E-state index contributed by atoms with van der Waals surface area (Å²) in [6.07, 6.45) is 1.60. The molecule has 0 saturated carbocycles. The molecule has 0 aliphatic rings. The first-order valence-electron chi connectivity index (χ1n) is 7.62. The quantitative estimate of drug-likeness (QED) is 0.357. The molecule has 1 heterocycles. The molecule has 0 spiro atoms. The van der Waals surface area contributed by atoms with Crippen LogP contribution in [0.15, 0.2) is 65.3 Å². The van der Waals surface area contributed by atoms with E-state index in [1.165, 1.54) is 30.3 Å². The zero-order valence-corrected chi connectivity index (χ0v) is 15.3. The summed E-state index contributed by atoms with van der Waals surface area (Å²) in [7, 11) is 1.68. The lowest BCUT2D eigenvalue weighted by Gasteiger charge is -2.02. The monoisotopic (exact) mass is 412 g/mol. The fourth-order valence-corrected chi connectivity index (χ4v) is 2.99. The van der Waals surface area contributed by atoms with Gasteiger partial charge in [0.1, 0.15) is 0 Å². The van der Waals surface area contributed by atoms with E-state index in [0.717, 1.165) is 4.47 Å². The Bertz CT molecular complexity index is 1020. The van der Waals surface area contributed by atoms with Crippen LogP contribution in [-0.2, 0) is 7.05 Å². The Balaban J connectivity index is 1.91. The van der Waals surface area contributed by atoms with Crippen LogP contribution < -0.4 is 0 Å². The summed E-state index contributed by atoms with van der Waals surface area (Å²) >= 11 is 3.33. The van der Waals surface area contributed by atoms with Crippen molar-refractivity contribution in [3.8, 4) is 0 Å². The molecule has 1 aromatic heterocycles. The lowest BCUT2D eigenvalue weighted by atomic mass is 10.0. The van der Waals surface area contributed by atoms with Crippen molar-refractivity contribution in [2.24, 2.45) is 7.05 Å². The molecule has 0 bridgehead atoms. The highest BCUT2D eigenvalue weighted by Gasteiger charge is 2.19. The van der Waals surface area contributed by atoms with E-state index in [0.29, 0.717) is 22.4 Å². The second-order valence-electron chi connectivity index (χ2n) is 5.70. The molecule has 0 atom stereocenters. The number of aryl methyl sites for hydroxylation is 1. The van der Waals surface area contributed by atoms with E-state index in [2.05, 4.69) is 15.9 Å². The number of aromatic nitrogens is 1. The Labute approximate surface area is 157 Å². The maximum Gasteiger partial charge on any atom is 0.269 e. The highest BCUT2D eigenvalue weighted by atomic mass is 79.9. The van der Waals surface area contributed by atoms with Crippen molar-refractivity contribution in [3.05, 3.63) is 97.8 Å². The summed E-state index contributed by atoms with van der Waals surface area (Å²) in [6, 6.07) is 13.9. The van der Waals surface area contributed by atoms with Crippen molar-refractivity contribution in [1.82, 2.24) is 4.57 Å². The molecule has 3 rings (SSSR count). The Morgan fingerprint density at radius 3 is 2.27 bits per heavy atom. The standard InChI is InChI=1S/C19H13BrN2O4/c1-21-11-14(18(23)13-3-2-4-15(20)9-13)10-17(21)19(24)12-5-7-16(8-6-12)22(25)26/h2-11H,1H3. The average molecular weight is 413 g/mol. The van der Waals surface area contributed by atoms with Gasteiger partial charge >= 0.3 is 0 Å². The summed E-state index contributed by atoms with van der Waals surface area (Å²) in [4.78, 5) is 35.5. The van der Waals surface area contributed by atoms with Gasteiger partial charge in [0.2, 0.25) is 5.78 Å². The number of nitro groups is 1. The molecule has 0 fully saturated rings. The van der Waals surface area contributed by atoms with Gasteiger partial charge in [-0.25, -0.2) is 0 Å². The van der Waals surface area contributed by atoms with Gasteiger partial charge in [-0.1, -0.05) is 28.1 Å². The molecule has 0 unspecified atom stereocenters. The van der Waals surface area contributed by atoms with Crippen LogP contribution in [-0.4, -0.2) is 21.1 Å². The van der Waals surface area contributed by atoms with Gasteiger partial charge in [0.05, 0.1) is 10.6 Å². The third-order valence-electron chi connectivity index (χ3n) is 3.93. The van der Waals surface area contributed by atoms with Crippen LogP contribution in [0.1, 0.15) is 32.0 Å². The summed E-state index contributed by atoms with van der Waals surface area (Å²) in [5.74, 6) is -0.500. The van der Waals surface area contributed by atoms with Crippen LogP contribution in [0.4, 0.5) is 5.69 Å². The molecule has 0 amide bonds. The topological polar surface area (TPSA) is 82.2 Å². The molecule has 0 aliphatic heterocycles. The molecule has 0 saturated heterocycles. The second-order valence-corrected chi connectivity index (χ2v) is 6.61. The number of non-ortho nitro benzene ring substituents is 1. The zero-order valence-electron chi connectivity index (χ0n) is 13.7. The van der Waals surface area contributed by atoms with Crippen molar-refractivity contribution >= 4 is 33.2 Å². The largest absolute Gasteiger partial charge is 0.347 e. The maximum absolute atomic E-state index is 12.7. The maximum atomic E-state index is 12.7. The number of carbonyl (C=O) groups is 2. The lowest BCUT2D eigenvalue weighted by Crippen LogP contribution is -2.06. The lowest BCUT2D eigenvalue weighted by molar-refractivity contribution is -0.384. The Morgan fingerprint density at radius 1 is 0.962 bits per heavy atom. The minimum absolute atomic E-state index is 0.0843. The minimum Gasteiger partial charge on any atom is -0.347 e. The van der Waals surface area contributed by atoms with Gasteiger partial charge in [0.25, 0.3) is 5.69 Å². The summed E-state index contributed by atoms with van der Waals surface area (Å²) in [6.45, 7) is 0. The van der Waals surface area contributed by atoms with Crippen molar-refractivity contribution in [2.45, 2.75) is 0 Å². The fourth-order valence-electron chi connectivity index (χ4n) is 2.59. The van der Waals surface area contributed by atoms with Gasteiger partial charge in [-0.15, -0.1) is 0 Å². The Hall–Kier alpha value is -3.06. The summed E-state index contributed by atoms with van der Waals surface area (Å²) in [5.41, 5.74) is 1.48. The first-order chi connectivity index (χ1) is 12.4. The number of ketones is 2. The fraction of sp³-hybridized carbons (Fsp3) is 0.0526. The van der Waals surface area contributed by atoms with Crippen LogP contribution in [0.3, 0.4) is 0 Å². The van der Waals surface area contributed by atoms with Gasteiger partial charge in [0.15, 0.2) is 5.78 Å². The first kappa shape index (κ1) is 17.8. The molecule has 26 heavy (non-hydrogen) atoms. The third-order valence-corrected chi connectivity index (χ3v) is 4.42. The summed E-state index contributed by atoms with van der Waals surface area (Å²) < 4.78 is 2.37. The molecular formula is C19H13BrN2O4. The van der Waals surface area contributed by atoms with Crippen LogP contribution in [0.25, 0.3) is 0 Å². The smallest absolute Gasteiger partial charge is 0.269 e. The number of hydrogen-bond acceptors (Lipinski definition) is 4. The number of nitrogens with zero attached hydrogens (tertiary/aromatic N) is 2. The molecule has 0 radical (unpaired) electrons. The van der Waals surface area contributed by atoms with Gasteiger partial charge in [0, 0.05) is 46.5 Å². The Morgan fingerprint density at radius 2 is 1.65 bits per heavy atom. The molecular weight excluding hydrogens is 400 g/mol. The normalized spacial score (nSPS) is 10.5. The van der Waals surface area contributed by atoms with E-state index in [4.69, 9.17) is 0 Å². The van der Waals surface area contributed by atoms with Crippen LogP contribution in [0.5, 0.6) is 0 Å². The molecule has 130 valence electrons. The SMILES string of the molecule is Cn1cc(C(=O)c2cccc(Br)c2)cc1C(=O)c1ccc([N+](=O)[O-])cc1. The second kappa shape index (κ2) is 7.05. The van der Waals surface area contributed by atoms with Crippen LogP contribution in [0, 0.1) is 10.1 Å². The number of rotatable bonds is 5. The number of hydrogen-bond donors (Lipinski definition) is 0. The van der Waals surface area contributed by atoms with Crippen molar-refractivity contribution in [3.63, 3.8) is 0 Å². The van der Waals surface area contributed by atoms with E-state index in [1.54, 1.807) is 36.0 Å². The van der Waals surface area contributed by atoms with Crippen molar-refractivity contribution in [2.75, 3.05) is 0 Å². The molecule has 7 heteroatoms. The van der Waals surface area contributed by atoms with Crippen molar-refractivity contribution < 1.29 is 14.5 Å². The van der Waals surface area contributed by atoms with Gasteiger partial charge < -0.3 is 4.57 Å². The average Bonchev–Trinajstić information content (AvgIpc) is 3.02. The van der Waals surface area contributed by atoms with Crippen molar-refractivity contribution in [1.29, 1.82) is 0 Å². The minimum atomic E-state index is -0.522. The predicted molar refractivity (Wildman–Crippen MR) is 99.5 cm³/mol. The van der Waals surface area contributed by atoms with E-state index >= 15 is 0 Å². The van der Waals surface area contributed by atoms with Crippen LogP contribution >= 0.6 is 15.9 Å². The van der Waals surface area contributed by atoms with E-state index in [9.17, 15) is 19.7 Å². The Kier molecular flexibility index (Phi) is 4.81. The van der Waals surface area contributed by atoms with E-state index in [1.807, 2.05) is 6.07 Å². The highest BCUT2D eigenvalue weighted by molar-refractivity contribution is 9.10. The molecule has 2 aromatic carbocycles. The zero-order chi connectivity index (χ0) is 18.8. The van der Waals surface area contributed by atoms with Gasteiger partial charge in [-0.2, -0.15) is 0 Å². The van der Waals surface area contributed by atoms with Crippen LogP contribution in [0.2, 0.25) is 0 Å². The number of nitro benzene ring substituents is 1. The highest BCUT2D eigenvalue weighted by Crippen LogP contribution is 2.20. The molecule has 0 N–H and O–H groups in total. The van der Waals surface area contributed by atoms with E-state index < -0.39 is 4.92 Å². The van der Waals surface area contributed by atoms with Gasteiger partial charge in [-0.05, 0) is 30.3 Å². The predicted octanol–water partition coefficient (Wildman–Crippen LogP) is 4.16. The molecule has 0 aliphatic carbocycles. The summed E-state index contributed by atoms with van der Waals surface area (Å²) in [5, 5.41) is 10.7. The molecule has 3 aromatic rings. The van der Waals surface area contributed by atoms with E-state index in [-0.39, 0.29) is 17.3 Å². The number of halogens is 1. The number of carbonyl (C=O) groups excluding carboxylic acids is 2. The first-order valence-corrected chi connectivity index (χ1v) is 8.42.